The largest absolute Gasteiger partial charge is 0.492 e. The molecule has 1 fully saturated rings. The average Bonchev–Trinajstić information content (AvgIpc) is 2.60. The van der Waals surface area contributed by atoms with E-state index in [1.807, 2.05) is 27.7 Å². The third-order valence-corrected chi connectivity index (χ3v) is 4.21. The van der Waals surface area contributed by atoms with Crippen molar-refractivity contribution in [3.8, 4) is 0 Å². The van der Waals surface area contributed by atoms with E-state index in [0.29, 0.717) is 11.5 Å². The van der Waals surface area contributed by atoms with Crippen LogP contribution in [0.15, 0.2) is 17.6 Å². The smallest absolute Gasteiger partial charge is 0.400 e. The fourth-order valence-electron chi connectivity index (χ4n) is 2.11. The molecule has 1 aliphatic rings. The van der Waals surface area contributed by atoms with Gasteiger partial charge in [-0.1, -0.05) is 6.08 Å². The van der Waals surface area contributed by atoms with Crippen molar-refractivity contribution in [2.75, 3.05) is 12.3 Å². The molecule has 0 amide bonds. The highest BCUT2D eigenvalue weighted by Crippen LogP contribution is 2.39. The van der Waals surface area contributed by atoms with Gasteiger partial charge in [-0.3, -0.25) is 0 Å². The van der Waals surface area contributed by atoms with E-state index in [2.05, 4.69) is 0 Å². The van der Waals surface area contributed by atoms with Crippen LogP contribution in [0, 0.1) is 11.6 Å². The summed E-state index contributed by atoms with van der Waals surface area (Å²) in [5.41, 5.74) is 4.74. The number of nitrogen functional groups attached to an aromatic ring is 1. The SMILES string of the molecule is CC1(C)OB(C(=Cc2cc(F)cc(F)c2N)CO)OC1(C)C. The van der Waals surface area contributed by atoms with Gasteiger partial charge in [0.2, 0.25) is 0 Å². The molecule has 0 saturated carbocycles. The third kappa shape index (κ3) is 3.02. The lowest BCUT2D eigenvalue weighted by molar-refractivity contribution is 0.00578. The number of halogens is 2. The number of aliphatic hydroxyl groups is 1. The number of rotatable bonds is 3. The standard InChI is InChI=1S/C15H20BF2NO3/c1-14(2)15(3,4)22-16(21-14)10(8-20)5-9-6-11(17)7-12(18)13(9)19/h5-7,20H,8,19H2,1-4H3. The van der Waals surface area contributed by atoms with Crippen LogP contribution in [-0.4, -0.2) is 30.0 Å². The Morgan fingerprint density at radius 2 is 1.77 bits per heavy atom. The Labute approximate surface area is 129 Å². The van der Waals surface area contributed by atoms with Crippen LogP contribution in [-0.2, 0) is 9.31 Å². The molecule has 2 rings (SSSR count). The number of hydrogen-bond acceptors (Lipinski definition) is 4. The van der Waals surface area contributed by atoms with Crippen molar-refractivity contribution in [1.29, 1.82) is 0 Å². The third-order valence-electron chi connectivity index (χ3n) is 4.21. The number of nitrogens with two attached hydrogens (primary N) is 1. The Morgan fingerprint density at radius 1 is 1.23 bits per heavy atom. The van der Waals surface area contributed by atoms with E-state index in [1.54, 1.807) is 0 Å². The lowest BCUT2D eigenvalue weighted by Gasteiger charge is -2.32. The Morgan fingerprint density at radius 3 is 2.27 bits per heavy atom. The van der Waals surface area contributed by atoms with Crippen molar-refractivity contribution in [1.82, 2.24) is 0 Å². The van der Waals surface area contributed by atoms with Crippen LogP contribution in [0.5, 0.6) is 0 Å². The van der Waals surface area contributed by atoms with Crippen LogP contribution >= 0.6 is 0 Å². The predicted octanol–water partition coefficient (Wildman–Crippen LogP) is 2.55. The lowest BCUT2D eigenvalue weighted by Crippen LogP contribution is -2.41. The second-order valence-corrected chi connectivity index (χ2v) is 6.36. The molecule has 4 nitrogen and oxygen atoms in total. The lowest BCUT2D eigenvalue weighted by atomic mass is 9.77. The first-order valence-corrected chi connectivity index (χ1v) is 6.99. The van der Waals surface area contributed by atoms with E-state index < -0.39 is 30.0 Å². The summed E-state index contributed by atoms with van der Waals surface area (Å²) in [5.74, 6) is -1.60. The van der Waals surface area contributed by atoms with Gasteiger partial charge >= 0.3 is 7.12 Å². The van der Waals surface area contributed by atoms with E-state index in [4.69, 9.17) is 15.0 Å². The Hall–Kier alpha value is -1.44. The quantitative estimate of drug-likeness (QED) is 0.665. The van der Waals surface area contributed by atoms with Gasteiger partial charge < -0.3 is 20.1 Å². The van der Waals surface area contributed by atoms with E-state index in [0.717, 1.165) is 6.07 Å². The molecule has 1 aromatic carbocycles. The van der Waals surface area contributed by atoms with Gasteiger partial charge in [-0.2, -0.15) is 0 Å². The van der Waals surface area contributed by atoms with E-state index >= 15 is 0 Å². The number of aliphatic hydroxyl groups excluding tert-OH is 1. The minimum absolute atomic E-state index is 0.135. The molecule has 1 aromatic rings. The normalized spacial score (nSPS) is 20.5. The van der Waals surface area contributed by atoms with Crippen LogP contribution in [0.25, 0.3) is 6.08 Å². The van der Waals surface area contributed by atoms with Gasteiger partial charge in [-0.05, 0) is 39.2 Å². The fourth-order valence-corrected chi connectivity index (χ4v) is 2.11. The van der Waals surface area contributed by atoms with Crippen molar-refractivity contribution in [2.24, 2.45) is 0 Å². The zero-order valence-electron chi connectivity index (χ0n) is 13.1. The van der Waals surface area contributed by atoms with Crippen LogP contribution < -0.4 is 5.73 Å². The van der Waals surface area contributed by atoms with Gasteiger partial charge in [-0.25, -0.2) is 8.78 Å². The first-order chi connectivity index (χ1) is 10.1. The molecular weight excluding hydrogens is 291 g/mol. The highest BCUT2D eigenvalue weighted by atomic mass is 19.1. The number of benzene rings is 1. The molecule has 0 aromatic heterocycles. The van der Waals surface area contributed by atoms with Crippen molar-refractivity contribution in [3.05, 3.63) is 34.8 Å². The van der Waals surface area contributed by atoms with Crippen LogP contribution in [0.1, 0.15) is 33.3 Å². The molecule has 22 heavy (non-hydrogen) atoms. The highest BCUT2D eigenvalue weighted by molar-refractivity contribution is 6.55. The maximum Gasteiger partial charge on any atom is 0.492 e. The summed E-state index contributed by atoms with van der Waals surface area (Å²) in [6, 6.07) is 1.80. The highest BCUT2D eigenvalue weighted by Gasteiger charge is 2.52. The Kier molecular flexibility index (Phi) is 4.34. The maximum absolute atomic E-state index is 13.5. The molecule has 1 heterocycles. The van der Waals surface area contributed by atoms with Gasteiger partial charge in [0.1, 0.15) is 11.6 Å². The predicted molar refractivity (Wildman–Crippen MR) is 81.9 cm³/mol. The topological polar surface area (TPSA) is 64.7 Å². The summed E-state index contributed by atoms with van der Waals surface area (Å²) in [4.78, 5) is 0. The summed E-state index contributed by atoms with van der Waals surface area (Å²) < 4.78 is 38.5. The molecule has 0 unspecified atom stereocenters. The zero-order valence-corrected chi connectivity index (χ0v) is 13.1. The van der Waals surface area contributed by atoms with Gasteiger partial charge in [0.15, 0.2) is 0 Å². The summed E-state index contributed by atoms with van der Waals surface area (Å²) in [7, 11) is -0.805. The monoisotopic (exact) mass is 311 g/mol. The Bertz CT molecular complexity index is 601. The fraction of sp³-hybridized carbons (Fsp3) is 0.467. The van der Waals surface area contributed by atoms with E-state index in [9.17, 15) is 13.9 Å². The van der Waals surface area contributed by atoms with Gasteiger partial charge in [0, 0.05) is 11.6 Å². The first-order valence-electron chi connectivity index (χ1n) is 6.99. The molecular formula is C15H20BF2NO3. The molecule has 0 bridgehead atoms. The molecule has 0 atom stereocenters. The molecule has 1 aliphatic heterocycles. The minimum Gasteiger partial charge on any atom is -0.400 e. The molecule has 3 N–H and O–H groups in total. The molecule has 0 aliphatic carbocycles. The molecule has 120 valence electrons. The molecule has 1 saturated heterocycles. The average molecular weight is 311 g/mol. The molecule has 0 radical (unpaired) electrons. The second-order valence-electron chi connectivity index (χ2n) is 6.36. The van der Waals surface area contributed by atoms with Crippen LogP contribution in [0.2, 0.25) is 0 Å². The zero-order chi connectivity index (χ0) is 16.7. The number of hydrogen-bond donors (Lipinski definition) is 2. The second kappa shape index (κ2) is 5.64. The van der Waals surface area contributed by atoms with E-state index in [1.165, 1.54) is 6.08 Å². The molecule has 7 heteroatoms. The van der Waals surface area contributed by atoms with Crippen molar-refractivity contribution < 1.29 is 23.2 Å². The van der Waals surface area contributed by atoms with Crippen LogP contribution in [0.4, 0.5) is 14.5 Å². The van der Waals surface area contributed by atoms with Crippen molar-refractivity contribution >= 4 is 18.9 Å². The van der Waals surface area contributed by atoms with Crippen molar-refractivity contribution in [2.45, 2.75) is 38.9 Å². The maximum atomic E-state index is 13.5. The molecule has 0 spiro atoms. The van der Waals surface area contributed by atoms with Gasteiger partial charge in [0.05, 0.1) is 23.5 Å². The summed E-state index contributed by atoms with van der Waals surface area (Å²) in [6.07, 6.45) is 1.39. The summed E-state index contributed by atoms with van der Waals surface area (Å²) >= 11 is 0. The van der Waals surface area contributed by atoms with Crippen molar-refractivity contribution in [3.63, 3.8) is 0 Å². The minimum atomic E-state index is -0.850. The van der Waals surface area contributed by atoms with E-state index in [-0.39, 0.29) is 17.9 Å². The Balaban J connectivity index is 2.38. The number of anilines is 1. The summed E-state index contributed by atoms with van der Waals surface area (Å²) in [6.45, 7) is 7.11. The first kappa shape index (κ1) is 16.9. The summed E-state index contributed by atoms with van der Waals surface area (Å²) in [5, 5.41) is 9.56. The van der Waals surface area contributed by atoms with Gasteiger partial charge in [0.25, 0.3) is 0 Å². The van der Waals surface area contributed by atoms with Gasteiger partial charge in [-0.15, -0.1) is 0 Å². The van der Waals surface area contributed by atoms with Crippen LogP contribution in [0.3, 0.4) is 0 Å².